The van der Waals surface area contributed by atoms with Gasteiger partial charge in [-0.2, -0.15) is 0 Å². The Balaban J connectivity index is 1.29. The van der Waals surface area contributed by atoms with Crippen LogP contribution in [0.4, 0.5) is 10.8 Å². The predicted octanol–water partition coefficient (Wildman–Crippen LogP) is 4.05. The van der Waals surface area contributed by atoms with Crippen molar-refractivity contribution in [2.45, 2.75) is 4.34 Å². The molecular formula is C19H15BrN4O4S2. The summed E-state index contributed by atoms with van der Waals surface area (Å²) in [5, 5.41) is 13.9. The van der Waals surface area contributed by atoms with Crippen molar-refractivity contribution in [1.82, 2.24) is 10.2 Å². The predicted molar refractivity (Wildman–Crippen MR) is 119 cm³/mol. The summed E-state index contributed by atoms with van der Waals surface area (Å²) >= 11 is 5.79. The Bertz CT molecular complexity index is 1090. The number of halogens is 1. The molecule has 0 radical (unpaired) electrons. The lowest BCUT2D eigenvalue weighted by Crippen LogP contribution is -2.17. The summed E-state index contributed by atoms with van der Waals surface area (Å²) in [5.74, 6) is 0.958. The third-order valence-corrected chi connectivity index (χ3v) is 6.56. The minimum atomic E-state index is -0.286. The molecule has 0 fully saturated rings. The highest BCUT2D eigenvalue weighted by Gasteiger charge is 2.15. The first-order valence-electron chi connectivity index (χ1n) is 8.80. The molecule has 30 heavy (non-hydrogen) atoms. The van der Waals surface area contributed by atoms with E-state index >= 15 is 0 Å². The smallest absolute Gasteiger partial charge is 0.258 e. The average Bonchev–Trinajstić information content (AvgIpc) is 3.20. The highest BCUT2D eigenvalue weighted by molar-refractivity contribution is 9.10. The first kappa shape index (κ1) is 20.6. The average molecular weight is 507 g/mol. The molecule has 154 valence electrons. The van der Waals surface area contributed by atoms with E-state index in [1.54, 1.807) is 36.4 Å². The monoisotopic (exact) mass is 506 g/mol. The van der Waals surface area contributed by atoms with Crippen molar-refractivity contribution in [3.8, 4) is 11.5 Å². The minimum Gasteiger partial charge on any atom is -0.486 e. The van der Waals surface area contributed by atoms with Gasteiger partial charge in [-0.05, 0) is 40.2 Å². The van der Waals surface area contributed by atoms with Crippen molar-refractivity contribution in [1.29, 1.82) is 0 Å². The van der Waals surface area contributed by atoms with Gasteiger partial charge in [-0.3, -0.25) is 14.9 Å². The quantitative estimate of drug-likeness (QED) is 0.383. The normalized spacial score (nSPS) is 12.3. The molecule has 0 aliphatic carbocycles. The fourth-order valence-electron chi connectivity index (χ4n) is 2.57. The van der Waals surface area contributed by atoms with Crippen LogP contribution in [0.25, 0.3) is 0 Å². The van der Waals surface area contributed by atoms with Gasteiger partial charge in [0.2, 0.25) is 11.0 Å². The maximum Gasteiger partial charge on any atom is 0.258 e. The highest BCUT2D eigenvalue weighted by atomic mass is 79.9. The Labute approximate surface area is 188 Å². The van der Waals surface area contributed by atoms with E-state index in [2.05, 4.69) is 36.8 Å². The molecule has 4 rings (SSSR count). The number of thioether (sulfide) groups is 1. The molecule has 0 bridgehead atoms. The van der Waals surface area contributed by atoms with Crippen LogP contribution in [0.3, 0.4) is 0 Å². The molecule has 2 N–H and O–H groups in total. The molecule has 11 heteroatoms. The molecular weight excluding hydrogens is 492 g/mol. The Morgan fingerprint density at radius 1 is 1.07 bits per heavy atom. The van der Waals surface area contributed by atoms with E-state index < -0.39 is 0 Å². The Morgan fingerprint density at radius 2 is 1.87 bits per heavy atom. The number of carbonyl (C=O) groups excluding carboxylic acids is 2. The van der Waals surface area contributed by atoms with Crippen molar-refractivity contribution in [2.75, 3.05) is 29.6 Å². The minimum absolute atomic E-state index is 0.154. The number of hydrogen-bond acceptors (Lipinski definition) is 8. The van der Waals surface area contributed by atoms with E-state index in [9.17, 15) is 9.59 Å². The molecule has 8 nitrogen and oxygen atoms in total. The number of aromatic nitrogens is 2. The Hall–Kier alpha value is -2.63. The van der Waals surface area contributed by atoms with E-state index in [4.69, 9.17) is 9.47 Å². The van der Waals surface area contributed by atoms with Gasteiger partial charge in [-0.1, -0.05) is 35.2 Å². The molecule has 1 aliphatic rings. The molecule has 2 aromatic carbocycles. The third-order valence-electron chi connectivity index (χ3n) is 3.90. The van der Waals surface area contributed by atoms with E-state index in [0.29, 0.717) is 49.9 Å². The SMILES string of the molecule is O=C(CSc1nnc(NC(=O)c2ccccc2Br)s1)Nc1ccc2c(c1)OCCO2. The number of carbonyl (C=O) groups is 2. The summed E-state index contributed by atoms with van der Waals surface area (Å²) in [6, 6.07) is 12.4. The maximum atomic E-state index is 12.3. The van der Waals surface area contributed by atoms with Crippen LogP contribution in [0, 0.1) is 0 Å². The van der Waals surface area contributed by atoms with Crippen LogP contribution in [-0.4, -0.2) is 41.0 Å². The van der Waals surface area contributed by atoms with E-state index in [1.165, 1.54) is 23.1 Å². The highest BCUT2D eigenvalue weighted by Crippen LogP contribution is 2.33. The number of nitrogens with zero attached hydrogens (tertiary/aromatic N) is 2. The molecule has 0 atom stereocenters. The van der Waals surface area contributed by atoms with Gasteiger partial charge in [0.25, 0.3) is 5.91 Å². The fourth-order valence-corrected chi connectivity index (χ4v) is 4.59. The number of amides is 2. The second-order valence-electron chi connectivity index (χ2n) is 6.00. The number of rotatable bonds is 6. The topological polar surface area (TPSA) is 102 Å². The zero-order valence-corrected chi connectivity index (χ0v) is 18.6. The first-order chi connectivity index (χ1) is 14.6. The van der Waals surface area contributed by atoms with Gasteiger partial charge in [0.15, 0.2) is 15.8 Å². The van der Waals surface area contributed by atoms with Crippen molar-refractivity contribution in [3.63, 3.8) is 0 Å². The maximum absolute atomic E-state index is 12.3. The molecule has 0 spiro atoms. The Morgan fingerprint density at radius 3 is 2.70 bits per heavy atom. The molecule has 0 unspecified atom stereocenters. The van der Waals surface area contributed by atoms with Crippen LogP contribution in [-0.2, 0) is 4.79 Å². The number of ether oxygens (including phenoxy) is 2. The lowest BCUT2D eigenvalue weighted by molar-refractivity contribution is -0.113. The van der Waals surface area contributed by atoms with Crippen molar-refractivity contribution in [3.05, 3.63) is 52.5 Å². The fraction of sp³-hybridized carbons (Fsp3) is 0.158. The second-order valence-corrected chi connectivity index (χ2v) is 9.06. The largest absolute Gasteiger partial charge is 0.486 e. The van der Waals surface area contributed by atoms with Gasteiger partial charge in [0.05, 0.1) is 11.3 Å². The van der Waals surface area contributed by atoms with Crippen LogP contribution in [0.5, 0.6) is 11.5 Å². The lowest BCUT2D eigenvalue weighted by Gasteiger charge is -2.18. The summed E-state index contributed by atoms with van der Waals surface area (Å²) in [5.41, 5.74) is 1.13. The van der Waals surface area contributed by atoms with Gasteiger partial charge in [0, 0.05) is 16.2 Å². The molecule has 0 saturated carbocycles. The van der Waals surface area contributed by atoms with E-state index in [1.807, 2.05) is 6.07 Å². The van der Waals surface area contributed by atoms with E-state index in [0.717, 1.165) is 0 Å². The number of benzene rings is 2. The van der Waals surface area contributed by atoms with Gasteiger partial charge in [-0.25, -0.2) is 0 Å². The number of fused-ring (bicyclic) bond motifs is 1. The van der Waals surface area contributed by atoms with Crippen molar-refractivity contribution < 1.29 is 19.1 Å². The molecule has 0 saturated heterocycles. The standard InChI is InChI=1S/C19H15BrN4O4S2/c20-13-4-2-1-3-12(13)17(26)22-18-23-24-19(30-18)29-10-16(25)21-11-5-6-14-15(9-11)28-8-7-27-14/h1-6,9H,7-8,10H2,(H,21,25)(H,22,23,26). The summed E-state index contributed by atoms with van der Waals surface area (Å²) in [7, 11) is 0. The zero-order valence-electron chi connectivity index (χ0n) is 15.4. The second kappa shape index (κ2) is 9.45. The van der Waals surface area contributed by atoms with Crippen LogP contribution >= 0.6 is 39.0 Å². The van der Waals surface area contributed by atoms with Gasteiger partial charge in [-0.15, -0.1) is 10.2 Å². The van der Waals surface area contributed by atoms with Gasteiger partial charge >= 0.3 is 0 Å². The van der Waals surface area contributed by atoms with Crippen molar-refractivity contribution >= 4 is 61.7 Å². The molecule has 1 aromatic heterocycles. The first-order valence-corrected chi connectivity index (χ1v) is 11.4. The lowest BCUT2D eigenvalue weighted by atomic mass is 10.2. The summed E-state index contributed by atoms with van der Waals surface area (Å²) in [4.78, 5) is 24.6. The van der Waals surface area contributed by atoms with Gasteiger partial charge in [0.1, 0.15) is 13.2 Å². The van der Waals surface area contributed by atoms with Crippen molar-refractivity contribution in [2.24, 2.45) is 0 Å². The Kier molecular flexibility index (Phi) is 6.50. The van der Waals surface area contributed by atoms with E-state index in [-0.39, 0.29) is 17.6 Å². The summed E-state index contributed by atoms with van der Waals surface area (Å²) in [6.45, 7) is 1.000. The van der Waals surface area contributed by atoms with Crippen LogP contribution < -0.4 is 20.1 Å². The molecule has 2 heterocycles. The van der Waals surface area contributed by atoms with Crippen LogP contribution in [0.1, 0.15) is 10.4 Å². The summed E-state index contributed by atoms with van der Waals surface area (Å²) < 4.78 is 12.2. The zero-order chi connectivity index (χ0) is 20.9. The van der Waals surface area contributed by atoms with Gasteiger partial charge < -0.3 is 14.8 Å². The van der Waals surface area contributed by atoms with Crippen LogP contribution in [0.2, 0.25) is 0 Å². The number of nitrogens with one attached hydrogen (secondary N) is 2. The molecule has 3 aromatic rings. The number of anilines is 2. The third kappa shape index (κ3) is 5.10. The number of hydrogen-bond donors (Lipinski definition) is 2. The summed E-state index contributed by atoms with van der Waals surface area (Å²) in [6.07, 6.45) is 0. The van der Waals surface area contributed by atoms with Crippen LogP contribution in [0.15, 0.2) is 51.3 Å². The molecule has 1 aliphatic heterocycles. The molecule has 2 amide bonds.